The summed E-state index contributed by atoms with van der Waals surface area (Å²) >= 11 is 0. The molecule has 1 N–H and O–H groups in total. The Hall–Kier alpha value is -1.99. The van der Waals surface area contributed by atoms with E-state index in [1.165, 1.54) is 0 Å². The molecule has 144 valence electrons. The van der Waals surface area contributed by atoms with Gasteiger partial charge in [0.1, 0.15) is 5.82 Å². The van der Waals surface area contributed by atoms with Gasteiger partial charge in [0.25, 0.3) is 0 Å². The largest absolute Gasteiger partial charge is 0.381 e. The van der Waals surface area contributed by atoms with Crippen LogP contribution in [0.4, 0.5) is 0 Å². The van der Waals surface area contributed by atoms with Gasteiger partial charge in [-0.05, 0) is 43.6 Å². The van der Waals surface area contributed by atoms with Crippen LogP contribution in [0.1, 0.15) is 50.8 Å². The molecule has 0 bridgehead atoms. The van der Waals surface area contributed by atoms with E-state index < -0.39 is 0 Å². The van der Waals surface area contributed by atoms with Crippen LogP contribution in [0, 0.1) is 11.8 Å². The first kappa shape index (κ1) is 17.1. The van der Waals surface area contributed by atoms with E-state index in [4.69, 9.17) is 9.47 Å². The SMILES string of the molecule is CC[C@@H]1C[C@H](OCC2CCOCC2)C[C@H]1c1nnc2cnc3[nH]ccc3n12. The zero-order chi connectivity index (χ0) is 18.2. The third-order valence-electron chi connectivity index (χ3n) is 6.38. The number of H-pyrrole nitrogens is 1. The van der Waals surface area contributed by atoms with Crippen molar-refractivity contribution in [1.29, 1.82) is 0 Å². The van der Waals surface area contributed by atoms with Crippen LogP contribution >= 0.6 is 0 Å². The minimum Gasteiger partial charge on any atom is -0.381 e. The molecule has 7 nitrogen and oxygen atoms in total. The molecule has 5 rings (SSSR count). The fraction of sp³-hybridized carbons (Fsp3) is 0.650. The first-order valence-electron chi connectivity index (χ1n) is 10.2. The van der Waals surface area contributed by atoms with Gasteiger partial charge in [0.2, 0.25) is 0 Å². The van der Waals surface area contributed by atoms with Crippen LogP contribution in [0.2, 0.25) is 0 Å². The Kier molecular flexibility index (Phi) is 4.57. The number of hydrogen-bond acceptors (Lipinski definition) is 5. The second-order valence-corrected chi connectivity index (χ2v) is 7.98. The van der Waals surface area contributed by atoms with E-state index in [0.717, 1.165) is 74.6 Å². The summed E-state index contributed by atoms with van der Waals surface area (Å²) in [6, 6.07) is 2.05. The van der Waals surface area contributed by atoms with Crippen molar-refractivity contribution in [3.05, 3.63) is 24.3 Å². The van der Waals surface area contributed by atoms with Crippen molar-refractivity contribution in [2.45, 2.75) is 51.0 Å². The number of ether oxygens (including phenoxy) is 2. The Morgan fingerprint density at radius 3 is 3.00 bits per heavy atom. The third kappa shape index (κ3) is 3.12. The molecule has 1 aliphatic heterocycles. The van der Waals surface area contributed by atoms with Gasteiger partial charge in [-0.3, -0.25) is 4.40 Å². The summed E-state index contributed by atoms with van der Waals surface area (Å²) in [6.45, 7) is 4.90. The Morgan fingerprint density at radius 2 is 2.15 bits per heavy atom. The van der Waals surface area contributed by atoms with E-state index in [1.807, 2.05) is 6.20 Å². The van der Waals surface area contributed by atoms with Crippen LogP contribution in [0.15, 0.2) is 18.5 Å². The lowest BCUT2D eigenvalue weighted by atomic mass is 9.93. The average molecular weight is 369 g/mol. The summed E-state index contributed by atoms with van der Waals surface area (Å²) in [5.41, 5.74) is 2.74. The normalized spacial score (nSPS) is 27.1. The molecular weight excluding hydrogens is 342 g/mol. The summed E-state index contributed by atoms with van der Waals surface area (Å²) in [5, 5.41) is 8.96. The van der Waals surface area contributed by atoms with E-state index in [9.17, 15) is 0 Å². The van der Waals surface area contributed by atoms with Crippen molar-refractivity contribution >= 4 is 16.8 Å². The molecule has 2 aliphatic rings. The molecule has 0 amide bonds. The molecule has 0 radical (unpaired) electrons. The van der Waals surface area contributed by atoms with Crippen molar-refractivity contribution in [3.8, 4) is 0 Å². The Labute approximate surface area is 158 Å². The van der Waals surface area contributed by atoms with Gasteiger partial charge in [0.05, 0.1) is 17.8 Å². The van der Waals surface area contributed by atoms with Gasteiger partial charge in [-0.2, -0.15) is 0 Å². The molecular formula is C20H27N5O2. The number of aromatic amines is 1. The minimum absolute atomic E-state index is 0.318. The molecule has 0 spiro atoms. The first-order valence-corrected chi connectivity index (χ1v) is 10.2. The maximum atomic E-state index is 6.36. The van der Waals surface area contributed by atoms with Gasteiger partial charge in [-0.25, -0.2) is 4.98 Å². The van der Waals surface area contributed by atoms with Crippen LogP contribution in [-0.4, -0.2) is 50.5 Å². The number of hydrogen-bond donors (Lipinski definition) is 1. The minimum atomic E-state index is 0.318. The fourth-order valence-corrected chi connectivity index (χ4v) is 4.80. The van der Waals surface area contributed by atoms with Crippen molar-refractivity contribution < 1.29 is 9.47 Å². The van der Waals surface area contributed by atoms with Crippen molar-refractivity contribution in [3.63, 3.8) is 0 Å². The molecule has 0 aromatic carbocycles. The number of aromatic nitrogens is 5. The maximum Gasteiger partial charge on any atom is 0.179 e. The first-order chi connectivity index (χ1) is 13.3. The molecule has 27 heavy (non-hydrogen) atoms. The number of fused-ring (bicyclic) bond motifs is 3. The monoisotopic (exact) mass is 369 g/mol. The number of rotatable bonds is 5. The molecule has 1 saturated carbocycles. The summed E-state index contributed by atoms with van der Waals surface area (Å²) in [5.74, 6) is 2.67. The van der Waals surface area contributed by atoms with Gasteiger partial charge >= 0.3 is 0 Å². The quantitative estimate of drug-likeness (QED) is 0.746. The highest BCUT2D eigenvalue weighted by Crippen LogP contribution is 2.42. The lowest BCUT2D eigenvalue weighted by Crippen LogP contribution is -2.22. The number of nitrogens with one attached hydrogen (secondary N) is 1. The molecule has 2 fully saturated rings. The van der Waals surface area contributed by atoms with Gasteiger partial charge in [0.15, 0.2) is 11.3 Å². The highest BCUT2D eigenvalue weighted by atomic mass is 16.5. The maximum absolute atomic E-state index is 6.36. The topological polar surface area (TPSA) is 77.3 Å². The molecule has 0 unspecified atom stereocenters. The Bertz CT molecular complexity index is 914. The summed E-state index contributed by atoms with van der Waals surface area (Å²) in [6.07, 6.45) is 9.56. The third-order valence-corrected chi connectivity index (χ3v) is 6.38. The predicted octanol–water partition coefficient (Wildman–Crippen LogP) is 3.32. The molecule has 3 aromatic rings. The van der Waals surface area contributed by atoms with Gasteiger partial charge in [-0.15, -0.1) is 10.2 Å². The smallest absolute Gasteiger partial charge is 0.179 e. The lowest BCUT2D eigenvalue weighted by Gasteiger charge is -2.23. The van der Waals surface area contributed by atoms with Crippen molar-refractivity contribution in [1.82, 2.24) is 24.6 Å². The molecule has 3 atom stereocenters. The second-order valence-electron chi connectivity index (χ2n) is 7.98. The zero-order valence-corrected chi connectivity index (χ0v) is 15.8. The zero-order valence-electron chi connectivity index (χ0n) is 15.8. The van der Waals surface area contributed by atoms with E-state index in [0.29, 0.717) is 23.9 Å². The summed E-state index contributed by atoms with van der Waals surface area (Å²) in [7, 11) is 0. The highest BCUT2D eigenvalue weighted by molar-refractivity contribution is 5.74. The molecule has 4 heterocycles. The van der Waals surface area contributed by atoms with Gasteiger partial charge in [0, 0.05) is 31.9 Å². The Balaban J connectivity index is 1.37. The van der Waals surface area contributed by atoms with E-state index >= 15 is 0 Å². The van der Waals surface area contributed by atoms with E-state index in [2.05, 4.69) is 37.6 Å². The molecule has 3 aromatic heterocycles. The van der Waals surface area contributed by atoms with Gasteiger partial charge < -0.3 is 14.5 Å². The van der Waals surface area contributed by atoms with Crippen LogP contribution in [0.25, 0.3) is 16.8 Å². The van der Waals surface area contributed by atoms with Crippen molar-refractivity contribution in [2.75, 3.05) is 19.8 Å². The van der Waals surface area contributed by atoms with Crippen LogP contribution < -0.4 is 0 Å². The summed E-state index contributed by atoms with van der Waals surface area (Å²) < 4.78 is 14.0. The van der Waals surface area contributed by atoms with Crippen molar-refractivity contribution in [2.24, 2.45) is 11.8 Å². The molecule has 7 heteroatoms. The van der Waals surface area contributed by atoms with E-state index in [-0.39, 0.29) is 0 Å². The fourth-order valence-electron chi connectivity index (χ4n) is 4.80. The Morgan fingerprint density at radius 1 is 1.26 bits per heavy atom. The predicted molar refractivity (Wildman–Crippen MR) is 102 cm³/mol. The van der Waals surface area contributed by atoms with Crippen LogP contribution in [0.5, 0.6) is 0 Å². The average Bonchev–Trinajstić information content (AvgIpc) is 3.43. The van der Waals surface area contributed by atoms with Crippen LogP contribution in [0.3, 0.4) is 0 Å². The van der Waals surface area contributed by atoms with E-state index in [1.54, 1.807) is 6.20 Å². The molecule has 1 aliphatic carbocycles. The molecule has 1 saturated heterocycles. The summed E-state index contributed by atoms with van der Waals surface area (Å²) in [4.78, 5) is 7.62. The number of nitrogens with zero attached hydrogens (tertiary/aromatic N) is 4. The standard InChI is InChI=1S/C20H27N5O2/c1-2-14-9-15(27-12-13-4-7-26-8-5-13)10-16(14)20-24-23-18-11-22-19-17(25(18)20)3-6-21-19/h3,6,11,13-16,21H,2,4-5,7-10,12H2,1H3/t14-,15+,16-/m1/s1. The second kappa shape index (κ2) is 7.20. The highest BCUT2D eigenvalue weighted by Gasteiger charge is 2.38. The lowest BCUT2D eigenvalue weighted by molar-refractivity contribution is -0.00981. The van der Waals surface area contributed by atoms with Gasteiger partial charge in [-0.1, -0.05) is 13.3 Å². The van der Waals surface area contributed by atoms with Crippen LogP contribution in [-0.2, 0) is 9.47 Å².